The summed E-state index contributed by atoms with van der Waals surface area (Å²) >= 11 is 0. The lowest BCUT2D eigenvalue weighted by Gasteiger charge is -2.35. The van der Waals surface area contributed by atoms with E-state index in [1.165, 1.54) is 16.0 Å². The summed E-state index contributed by atoms with van der Waals surface area (Å²) in [7, 11) is 0. The molecule has 4 nitrogen and oxygen atoms in total. The zero-order chi connectivity index (χ0) is 16.1. The van der Waals surface area contributed by atoms with Crippen LogP contribution in [0, 0.1) is 0 Å². The molecular weight excluding hydrogens is 288 g/mol. The minimum absolute atomic E-state index is 0.120. The van der Waals surface area contributed by atoms with Crippen LogP contribution in [0.3, 0.4) is 0 Å². The Morgan fingerprint density at radius 1 is 0.870 bits per heavy atom. The van der Waals surface area contributed by atoms with Crippen molar-refractivity contribution in [2.75, 3.05) is 32.7 Å². The van der Waals surface area contributed by atoms with Gasteiger partial charge in [0.25, 0.3) is 0 Å². The number of hydrogen-bond donors (Lipinski definition) is 2. The number of benzene rings is 2. The van der Waals surface area contributed by atoms with Gasteiger partial charge < -0.3 is 19.7 Å². The van der Waals surface area contributed by atoms with Crippen LogP contribution in [0.1, 0.15) is 17.2 Å². The Labute approximate surface area is 137 Å². The number of carboxylic acid groups (broad SMARTS) is 1. The van der Waals surface area contributed by atoms with E-state index in [-0.39, 0.29) is 6.54 Å². The van der Waals surface area contributed by atoms with Gasteiger partial charge in [0.2, 0.25) is 0 Å². The first-order valence-corrected chi connectivity index (χ1v) is 8.22. The summed E-state index contributed by atoms with van der Waals surface area (Å²) in [6.07, 6.45) is 0. The van der Waals surface area contributed by atoms with E-state index in [0.29, 0.717) is 6.04 Å². The van der Waals surface area contributed by atoms with E-state index in [0.717, 1.165) is 31.1 Å². The third-order valence-electron chi connectivity index (χ3n) is 4.67. The van der Waals surface area contributed by atoms with Gasteiger partial charge in [0, 0.05) is 11.1 Å². The van der Waals surface area contributed by atoms with Crippen molar-refractivity contribution in [2.24, 2.45) is 0 Å². The van der Waals surface area contributed by atoms with Crippen LogP contribution in [-0.4, -0.2) is 38.7 Å². The number of hydrogen-bond acceptors (Lipinski definition) is 2. The van der Waals surface area contributed by atoms with E-state index in [4.69, 9.17) is 0 Å². The summed E-state index contributed by atoms with van der Waals surface area (Å²) in [6.45, 7) is 3.81. The molecule has 2 aromatic rings. The smallest absolute Gasteiger partial charge is 0.139 e. The Morgan fingerprint density at radius 2 is 1.35 bits per heavy atom. The maximum Gasteiger partial charge on any atom is 0.139 e. The van der Waals surface area contributed by atoms with Crippen LogP contribution in [0.4, 0.5) is 0 Å². The van der Waals surface area contributed by atoms with Gasteiger partial charge in [-0.1, -0.05) is 60.7 Å². The van der Waals surface area contributed by atoms with Gasteiger partial charge in [0.15, 0.2) is 0 Å². The maximum atomic E-state index is 10.8. The average molecular weight is 311 g/mol. The minimum Gasteiger partial charge on any atom is -0.544 e. The molecule has 0 amide bonds. The topological polar surface area (TPSA) is 49.0 Å². The highest BCUT2D eigenvalue weighted by atomic mass is 16.4. The summed E-state index contributed by atoms with van der Waals surface area (Å²) in [5.74, 6) is -0.953. The SMILES string of the molecule is O=C([O-])C[NH+]1CC[NH+](C(c2ccccc2)c2ccccc2)CC1. The molecule has 2 aromatic carbocycles. The van der Waals surface area contributed by atoms with E-state index in [1.807, 2.05) is 12.1 Å². The second kappa shape index (κ2) is 7.40. The molecular formula is C19H23N2O2+. The largest absolute Gasteiger partial charge is 0.544 e. The van der Waals surface area contributed by atoms with Crippen LogP contribution in [0.5, 0.6) is 0 Å². The lowest BCUT2D eigenvalue weighted by Crippen LogP contribution is -3.28. The average Bonchev–Trinajstić information content (AvgIpc) is 2.58. The number of carbonyl (C=O) groups is 1. The zero-order valence-corrected chi connectivity index (χ0v) is 13.2. The highest BCUT2D eigenvalue weighted by Gasteiger charge is 2.31. The quantitative estimate of drug-likeness (QED) is 0.692. The number of quaternary nitrogens is 2. The monoisotopic (exact) mass is 311 g/mol. The van der Waals surface area contributed by atoms with E-state index < -0.39 is 5.97 Å². The van der Waals surface area contributed by atoms with Crippen molar-refractivity contribution < 1.29 is 19.7 Å². The first-order chi connectivity index (χ1) is 11.2. The lowest BCUT2D eigenvalue weighted by atomic mass is 9.96. The van der Waals surface area contributed by atoms with Crippen molar-refractivity contribution in [2.45, 2.75) is 6.04 Å². The van der Waals surface area contributed by atoms with Crippen molar-refractivity contribution in [3.05, 3.63) is 71.8 Å². The van der Waals surface area contributed by atoms with Crippen molar-refractivity contribution >= 4 is 5.97 Å². The van der Waals surface area contributed by atoms with Crippen LogP contribution in [0.25, 0.3) is 0 Å². The summed E-state index contributed by atoms with van der Waals surface area (Å²) in [6, 6.07) is 21.5. The van der Waals surface area contributed by atoms with Gasteiger partial charge in [0.05, 0.1) is 5.97 Å². The van der Waals surface area contributed by atoms with E-state index in [2.05, 4.69) is 48.5 Å². The number of carbonyl (C=O) groups excluding carboxylic acids is 1. The van der Waals surface area contributed by atoms with Gasteiger partial charge in [-0.3, -0.25) is 0 Å². The number of nitrogens with one attached hydrogen (secondary N) is 2. The molecule has 120 valence electrons. The Hall–Kier alpha value is -2.17. The molecule has 1 aliphatic rings. The fourth-order valence-electron chi connectivity index (χ4n) is 3.55. The van der Waals surface area contributed by atoms with Crippen LogP contribution >= 0.6 is 0 Å². The molecule has 0 saturated carbocycles. The van der Waals surface area contributed by atoms with Gasteiger partial charge in [-0.2, -0.15) is 0 Å². The molecule has 2 N–H and O–H groups in total. The molecule has 0 unspecified atom stereocenters. The summed E-state index contributed by atoms with van der Waals surface area (Å²) < 4.78 is 0. The number of piperazine rings is 1. The second-order valence-corrected chi connectivity index (χ2v) is 6.21. The Kier molecular flexibility index (Phi) is 5.05. The van der Waals surface area contributed by atoms with Crippen molar-refractivity contribution in [1.82, 2.24) is 0 Å². The molecule has 23 heavy (non-hydrogen) atoms. The first kappa shape index (κ1) is 15.7. The summed E-state index contributed by atoms with van der Waals surface area (Å²) in [5, 5.41) is 10.8. The van der Waals surface area contributed by atoms with Crippen LogP contribution in [-0.2, 0) is 4.79 Å². The minimum atomic E-state index is -0.953. The molecule has 0 radical (unpaired) electrons. The first-order valence-electron chi connectivity index (χ1n) is 8.22. The molecule has 4 heteroatoms. The molecule has 0 spiro atoms. The molecule has 1 heterocycles. The van der Waals surface area contributed by atoms with Gasteiger partial charge in [0.1, 0.15) is 38.8 Å². The fourth-order valence-corrected chi connectivity index (χ4v) is 3.55. The highest BCUT2D eigenvalue weighted by molar-refractivity contribution is 5.65. The second-order valence-electron chi connectivity index (χ2n) is 6.21. The lowest BCUT2D eigenvalue weighted by molar-refractivity contribution is -1.02. The van der Waals surface area contributed by atoms with Crippen LogP contribution < -0.4 is 14.9 Å². The molecule has 0 aromatic heterocycles. The van der Waals surface area contributed by atoms with E-state index in [9.17, 15) is 9.90 Å². The third-order valence-corrected chi connectivity index (χ3v) is 4.67. The summed E-state index contributed by atoms with van der Waals surface area (Å²) in [4.78, 5) is 13.4. The molecule has 1 saturated heterocycles. The normalized spacial score (nSPS) is 21.3. The summed E-state index contributed by atoms with van der Waals surface area (Å²) in [5.41, 5.74) is 2.63. The molecule has 1 aliphatic heterocycles. The standard InChI is InChI=1S/C19H22N2O2/c22-18(23)15-20-11-13-21(14-12-20)19(16-7-3-1-4-8-16)17-9-5-2-6-10-17/h1-10,19H,11-15H2,(H,22,23)/p+1. The fraction of sp³-hybridized carbons (Fsp3) is 0.316. The Balaban J connectivity index is 1.79. The van der Waals surface area contributed by atoms with Crippen molar-refractivity contribution in [1.29, 1.82) is 0 Å². The highest BCUT2D eigenvalue weighted by Crippen LogP contribution is 2.18. The van der Waals surface area contributed by atoms with Crippen molar-refractivity contribution in [3.63, 3.8) is 0 Å². The van der Waals surface area contributed by atoms with Crippen LogP contribution in [0.2, 0.25) is 0 Å². The third kappa shape index (κ3) is 3.97. The molecule has 0 atom stereocenters. The van der Waals surface area contributed by atoms with Gasteiger partial charge in [-0.05, 0) is 0 Å². The van der Waals surface area contributed by atoms with Gasteiger partial charge >= 0.3 is 0 Å². The zero-order valence-electron chi connectivity index (χ0n) is 13.2. The molecule has 3 rings (SSSR count). The molecule has 1 fully saturated rings. The number of aliphatic carboxylic acids is 1. The Bertz CT molecular complexity index is 583. The predicted molar refractivity (Wildman–Crippen MR) is 86.0 cm³/mol. The maximum absolute atomic E-state index is 10.8. The van der Waals surface area contributed by atoms with E-state index in [1.54, 1.807) is 0 Å². The number of rotatable bonds is 5. The van der Waals surface area contributed by atoms with Crippen molar-refractivity contribution in [3.8, 4) is 0 Å². The molecule has 0 aliphatic carbocycles. The van der Waals surface area contributed by atoms with E-state index >= 15 is 0 Å². The van der Waals surface area contributed by atoms with Gasteiger partial charge in [-0.25, -0.2) is 0 Å². The van der Waals surface area contributed by atoms with Crippen LogP contribution in [0.15, 0.2) is 60.7 Å². The Morgan fingerprint density at radius 3 is 1.78 bits per heavy atom. The van der Waals surface area contributed by atoms with Gasteiger partial charge in [-0.15, -0.1) is 0 Å². The molecule has 0 bridgehead atoms. The number of carboxylic acids is 1. The predicted octanol–water partition coefficient (Wildman–Crippen LogP) is -1.69.